The number of phenolic OH excluding ortho intramolecular Hbond substituents is 1. The number of hydrogen-bond acceptors (Lipinski definition) is 6. The number of likely N-dealkylation sites (N-methyl/N-ethyl adjacent to an activating group) is 1. The zero-order valence-corrected chi connectivity index (χ0v) is 16.7. The lowest BCUT2D eigenvalue weighted by Crippen LogP contribution is -2.29. The van der Waals surface area contributed by atoms with Gasteiger partial charge in [-0.15, -0.1) is 0 Å². The maximum atomic E-state index is 13.1. The van der Waals surface area contributed by atoms with Gasteiger partial charge in [-0.3, -0.25) is 9.69 Å². The van der Waals surface area contributed by atoms with E-state index < -0.39 is 0 Å². The molecule has 138 valence electrons. The molecular weight excluding hydrogens is 378 g/mol. The van der Waals surface area contributed by atoms with E-state index in [1.807, 2.05) is 19.1 Å². The Morgan fingerprint density at radius 3 is 2.37 bits per heavy atom. The van der Waals surface area contributed by atoms with E-state index in [4.69, 9.17) is 0 Å². The van der Waals surface area contributed by atoms with Crippen LogP contribution in [-0.4, -0.2) is 34.2 Å². The zero-order valence-electron chi connectivity index (χ0n) is 15.0. The number of carbonyl (C=O) groups is 1. The van der Waals surface area contributed by atoms with Crippen molar-refractivity contribution < 1.29 is 9.90 Å². The van der Waals surface area contributed by atoms with Crippen molar-refractivity contribution in [1.29, 1.82) is 0 Å². The first-order valence-corrected chi connectivity index (χ1v) is 10.4. The average molecular weight is 398 g/mol. The SMILES string of the molecule is CCN1C(=O)/C(=C2/Sc3ccccc3N2CC)SC1=Nc1ccc(O)cc1. The second kappa shape index (κ2) is 7.32. The van der Waals surface area contributed by atoms with Crippen molar-refractivity contribution in [3.05, 3.63) is 58.5 Å². The molecule has 0 atom stereocenters. The van der Waals surface area contributed by atoms with Gasteiger partial charge in [0.15, 0.2) is 5.17 Å². The molecule has 2 aromatic carbocycles. The minimum atomic E-state index is -0.00576. The highest BCUT2D eigenvalue weighted by atomic mass is 32.2. The van der Waals surface area contributed by atoms with Crippen LogP contribution in [-0.2, 0) is 4.79 Å². The van der Waals surface area contributed by atoms with E-state index in [2.05, 4.69) is 28.9 Å². The predicted molar refractivity (Wildman–Crippen MR) is 113 cm³/mol. The highest BCUT2D eigenvalue weighted by Crippen LogP contribution is 2.50. The lowest BCUT2D eigenvalue weighted by atomic mass is 10.3. The summed E-state index contributed by atoms with van der Waals surface area (Å²) in [7, 11) is 0. The third-order valence-corrected chi connectivity index (χ3v) is 6.75. The first kappa shape index (κ1) is 18.0. The van der Waals surface area contributed by atoms with Gasteiger partial charge in [-0.2, -0.15) is 0 Å². The molecule has 1 amide bonds. The molecule has 0 aliphatic carbocycles. The number of amidine groups is 1. The van der Waals surface area contributed by atoms with Gasteiger partial charge >= 0.3 is 0 Å². The van der Waals surface area contributed by atoms with Crippen LogP contribution in [0.1, 0.15) is 13.8 Å². The van der Waals surface area contributed by atoms with E-state index in [1.165, 1.54) is 16.7 Å². The van der Waals surface area contributed by atoms with Crippen molar-refractivity contribution in [2.45, 2.75) is 18.7 Å². The molecule has 1 saturated heterocycles. The molecular formula is C20H19N3O2S2. The number of aliphatic imine (C=N–C) groups is 1. The summed E-state index contributed by atoms with van der Waals surface area (Å²) in [6.07, 6.45) is 0. The summed E-state index contributed by atoms with van der Waals surface area (Å²) < 4.78 is 0. The Morgan fingerprint density at radius 1 is 0.963 bits per heavy atom. The molecule has 0 bridgehead atoms. The van der Waals surface area contributed by atoms with Gasteiger partial charge in [-0.05, 0) is 62.0 Å². The summed E-state index contributed by atoms with van der Waals surface area (Å²) in [4.78, 5) is 23.5. The Kier molecular flexibility index (Phi) is 4.88. The normalized spacial score (nSPS) is 20.7. The molecule has 0 saturated carbocycles. The van der Waals surface area contributed by atoms with E-state index in [0.717, 1.165) is 22.2 Å². The largest absolute Gasteiger partial charge is 0.508 e. The number of fused-ring (bicyclic) bond motifs is 1. The van der Waals surface area contributed by atoms with Gasteiger partial charge in [0, 0.05) is 18.0 Å². The fourth-order valence-corrected chi connectivity index (χ4v) is 5.51. The van der Waals surface area contributed by atoms with Crippen molar-refractivity contribution in [2.75, 3.05) is 18.0 Å². The second-order valence-electron chi connectivity index (χ2n) is 6.01. The van der Waals surface area contributed by atoms with E-state index in [1.54, 1.807) is 40.9 Å². The number of rotatable bonds is 3. The summed E-state index contributed by atoms with van der Waals surface area (Å²) >= 11 is 3.06. The molecule has 2 aromatic rings. The van der Waals surface area contributed by atoms with Gasteiger partial charge in [-0.1, -0.05) is 23.9 Å². The van der Waals surface area contributed by atoms with Crippen LogP contribution in [0.3, 0.4) is 0 Å². The molecule has 4 rings (SSSR count). The number of thioether (sulfide) groups is 2. The van der Waals surface area contributed by atoms with Crippen molar-refractivity contribution in [3.63, 3.8) is 0 Å². The van der Waals surface area contributed by atoms with Gasteiger partial charge in [0.2, 0.25) is 0 Å². The van der Waals surface area contributed by atoms with Gasteiger partial charge in [0.25, 0.3) is 5.91 Å². The number of phenols is 1. The standard InChI is InChI=1S/C20H19N3O2S2/c1-3-22-15-7-5-6-8-16(15)26-19(22)17-18(25)23(4-2)20(27-17)21-13-9-11-14(24)12-10-13/h5-12,24H,3-4H2,1-2H3/b19-17-,21-20?. The van der Waals surface area contributed by atoms with E-state index >= 15 is 0 Å². The molecule has 1 N–H and O–H groups in total. The lowest BCUT2D eigenvalue weighted by molar-refractivity contribution is -0.122. The maximum absolute atomic E-state index is 13.1. The first-order valence-electron chi connectivity index (χ1n) is 8.78. The molecule has 0 spiro atoms. The number of hydrogen-bond donors (Lipinski definition) is 1. The van der Waals surface area contributed by atoms with Crippen LogP contribution < -0.4 is 4.90 Å². The van der Waals surface area contributed by atoms with Crippen molar-refractivity contribution in [1.82, 2.24) is 4.90 Å². The number of anilines is 1. The van der Waals surface area contributed by atoms with Gasteiger partial charge in [0.1, 0.15) is 15.7 Å². The van der Waals surface area contributed by atoms with Crippen LogP contribution in [0.25, 0.3) is 0 Å². The average Bonchev–Trinajstić information content (AvgIpc) is 3.20. The van der Waals surface area contributed by atoms with Crippen LogP contribution in [0.4, 0.5) is 11.4 Å². The third-order valence-electron chi connectivity index (χ3n) is 4.37. The first-order chi connectivity index (χ1) is 13.1. The fourth-order valence-electron chi connectivity index (χ4n) is 3.05. The quantitative estimate of drug-likeness (QED) is 0.756. The Morgan fingerprint density at radius 2 is 1.67 bits per heavy atom. The van der Waals surface area contributed by atoms with Crippen LogP contribution in [0.2, 0.25) is 0 Å². The smallest absolute Gasteiger partial charge is 0.269 e. The van der Waals surface area contributed by atoms with Crippen LogP contribution in [0, 0.1) is 0 Å². The second-order valence-corrected chi connectivity index (χ2v) is 8.02. The topological polar surface area (TPSA) is 56.1 Å². The number of amides is 1. The number of carbonyl (C=O) groups excluding carboxylic acids is 1. The molecule has 2 aliphatic rings. The van der Waals surface area contributed by atoms with Gasteiger partial charge in [0.05, 0.1) is 11.4 Å². The van der Waals surface area contributed by atoms with Gasteiger partial charge < -0.3 is 10.0 Å². The highest BCUT2D eigenvalue weighted by Gasteiger charge is 2.38. The Hall–Kier alpha value is -2.38. The van der Waals surface area contributed by atoms with Crippen LogP contribution in [0.15, 0.2) is 68.4 Å². The molecule has 2 heterocycles. The van der Waals surface area contributed by atoms with E-state index in [9.17, 15) is 9.90 Å². The number of para-hydroxylation sites is 1. The van der Waals surface area contributed by atoms with Gasteiger partial charge in [-0.25, -0.2) is 4.99 Å². The van der Waals surface area contributed by atoms with E-state index in [0.29, 0.717) is 17.4 Å². The molecule has 5 nitrogen and oxygen atoms in total. The molecule has 27 heavy (non-hydrogen) atoms. The summed E-state index contributed by atoms with van der Waals surface area (Å²) in [5, 5.41) is 11.1. The Balaban J connectivity index is 1.74. The lowest BCUT2D eigenvalue weighted by Gasteiger charge is -2.19. The minimum Gasteiger partial charge on any atom is -0.508 e. The Labute approximate surface area is 166 Å². The maximum Gasteiger partial charge on any atom is 0.269 e. The predicted octanol–water partition coefficient (Wildman–Crippen LogP) is 4.78. The Bertz CT molecular complexity index is 954. The summed E-state index contributed by atoms with van der Waals surface area (Å²) in [5.41, 5.74) is 1.86. The summed E-state index contributed by atoms with van der Waals surface area (Å²) in [6.45, 7) is 5.40. The third kappa shape index (κ3) is 3.21. The fraction of sp³-hybridized carbons (Fsp3) is 0.200. The molecule has 0 unspecified atom stereocenters. The van der Waals surface area contributed by atoms with Crippen LogP contribution >= 0.6 is 23.5 Å². The number of benzene rings is 2. The van der Waals surface area contributed by atoms with Crippen LogP contribution in [0.5, 0.6) is 5.75 Å². The minimum absolute atomic E-state index is 0.00576. The monoisotopic (exact) mass is 397 g/mol. The van der Waals surface area contributed by atoms with Crippen molar-refractivity contribution in [3.8, 4) is 5.75 Å². The summed E-state index contributed by atoms with van der Waals surface area (Å²) in [6, 6.07) is 14.9. The van der Waals surface area contributed by atoms with E-state index in [-0.39, 0.29) is 11.7 Å². The number of nitrogens with zero attached hydrogens (tertiary/aromatic N) is 3. The number of aromatic hydroxyl groups is 1. The van der Waals surface area contributed by atoms with Crippen molar-refractivity contribution in [2.24, 2.45) is 4.99 Å². The molecule has 2 aliphatic heterocycles. The molecule has 1 fully saturated rings. The zero-order chi connectivity index (χ0) is 19.0. The van der Waals surface area contributed by atoms with Crippen molar-refractivity contribution >= 4 is 46.0 Å². The molecule has 7 heteroatoms. The molecule has 0 aromatic heterocycles. The molecule has 0 radical (unpaired) electrons. The summed E-state index contributed by atoms with van der Waals surface area (Å²) in [5.74, 6) is 0.191. The highest BCUT2D eigenvalue weighted by molar-refractivity contribution is 8.19.